The minimum Gasteiger partial charge on any atom is -0.383 e. The standard InChI is InChI=1S/C16H28N4O2/c1-18(2)14-5-4-9-20(13-14)16(21)7-6-15-17-8-10-19(15)11-12-22-3/h8,10,14H,4-7,9,11-13H2,1-3H3. The van der Waals surface area contributed by atoms with E-state index in [1.165, 1.54) is 6.42 Å². The summed E-state index contributed by atoms with van der Waals surface area (Å²) in [5.41, 5.74) is 0. The molecule has 1 atom stereocenters. The lowest BCUT2D eigenvalue weighted by Gasteiger charge is -2.36. The number of methoxy groups -OCH3 is 1. The minimum absolute atomic E-state index is 0.243. The summed E-state index contributed by atoms with van der Waals surface area (Å²) in [6, 6.07) is 0.487. The van der Waals surface area contributed by atoms with E-state index < -0.39 is 0 Å². The molecular formula is C16H28N4O2. The van der Waals surface area contributed by atoms with E-state index in [1.807, 2.05) is 11.1 Å². The number of aryl methyl sites for hydroxylation is 1. The maximum atomic E-state index is 12.4. The van der Waals surface area contributed by atoms with E-state index in [1.54, 1.807) is 13.3 Å². The van der Waals surface area contributed by atoms with Crippen molar-refractivity contribution in [3.63, 3.8) is 0 Å². The first kappa shape index (κ1) is 17.0. The fourth-order valence-corrected chi connectivity index (χ4v) is 2.94. The van der Waals surface area contributed by atoms with Gasteiger partial charge in [-0.3, -0.25) is 4.79 Å². The van der Waals surface area contributed by atoms with Gasteiger partial charge < -0.3 is 19.1 Å². The van der Waals surface area contributed by atoms with E-state index in [4.69, 9.17) is 4.74 Å². The van der Waals surface area contributed by atoms with E-state index >= 15 is 0 Å². The van der Waals surface area contributed by atoms with Crippen LogP contribution in [0.2, 0.25) is 0 Å². The van der Waals surface area contributed by atoms with Crippen molar-refractivity contribution >= 4 is 5.91 Å². The molecule has 6 heteroatoms. The lowest BCUT2D eigenvalue weighted by Crippen LogP contribution is -2.47. The maximum absolute atomic E-state index is 12.4. The zero-order valence-corrected chi connectivity index (χ0v) is 14.0. The fourth-order valence-electron chi connectivity index (χ4n) is 2.94. The van der Waals surface area contributed by atoms with Crippen molar-refractivity contribution in [2.45, 2.75) is 38.3 Å². The Balaban J connectivity index is 1.83. The van der Waals surface area contributed by atoms with Crippen LogP contribution in [0.5, 0.6) is 0 Å². The molecule has 0 N–H and O–H groups in total. The molecule has 1 aromatic rings. The molecule has 0 saturated carbocycles. The predicted octanol–water partition coefficient (Wildman–Crippen LogP) is 1.01. The summed E-state index contributed by atoms with van der Waals surface area (Å²) in [4.78, 5) is 21.0. The molecule has 1 fully saturated rings. The average Bonchev–Trinajstić information content (AvgIpc) is 2.98. The summed E-state index contributed by atoms with van der Waals surface area (Å²) in [5, 5.41) is 0. The van der Waals surface area contributed by atoms with Gasteiger partial charge in [0.25, 0.3) is 0 Å². The zero-order valence-electron chi connectivity index (χ0n) is 14.0. The highest BCUT2D eigenvalue weighted by Gasteiger charge is 2.24. The highest BCUT2D eigenvalue weighted by molar-refractivity contribution is 5.76. The third kappa shape index (κ3) is 4.55. The van der Waals surface area contributed by atoms with Gasteiger partial charge in [0.05, 0.1) is 6.61 Å². The number of aromatic nitrogens is 2. The number of hydrogen-bond acceptors (Lipinski definition) is 4. The van der Waals surface area contributed by atoms with Gasteiger partial charge in [-0.05, 0) is 26.9 Å². The van der Waals surface area contributed by atoms with E-state index in [-0.39, 0.29) is 5.91 Å². The molecule has 124 valence electrons. The molecule has 22 heavy (non-hydrogen) atoms. The number of carbonyl (C=O) groups excluding carboxylic acids is 1. The number of imidazole rings is 1. The van der Waals surface area contributed by atoms with Crippen LogP contribution in [0.3, 0.4) is 0 Å². The van der Waals surface area contributed by atoms with Gasteiger partial charge in [-0.25, -0.2) is 4.98 Å². The Morgan fingerprint density at radius 2 is 2.32 bits per heavy atom. The van der Waals surface area contributed by atoms with Crippen molar-refractivity contribution in [2.75, 3.05) is 40.9 Å². The molecule has 0 spiro atoms. The zero-order chi connectivity index (χ0) is 15.9. The first-order valence-electron chi connectivity index (χ1n) is 8.05. The van der Waals surface area contributed by atoms with E-state index in [2.05, 4.69) is 28.5 Å². The van der Waals surface area contributed by atoms with Gasteiger partial charge in [0.1, 0.15) is 5.82 Å². The van der Waals surface area contributed by atoms with Crippen LogP contribution in [0, 0.1) is 0 Å². The molecule has 2 rings (SSSR count). The second-order valence-electron chi connectivity index (χ2n) is 6.13. The summed E-state index contributed by atoms with van der Waals surface area (Å²) in [7, 11) is 5.87. The van der Waals surface area contributed by atoms with Crippen LogP contribution in [0.25, 0.3) is 0 Å². The summed E-state index contributed by atoms with van der Waals surface area (Å²) < 4.78 is 7.16. The molecule has 1 aromatic heterocycles. The van der Waals surface area contributed by atoms with E-state index in [9.17, 15) is 4.79 Å². The van der Waals surface area contributed by atoms with Gasteiger partial charge in [0, 0.05) is 58.0 Å². The number of likely N-dealkylation sites (N-methyl/N-ethyl adjacent to an activating group) is 1. The van der Waals surface area contributed by atoms with Gasteiger partial charge in [0.2, 0.25) is 5.91 Å². The van der Waals surface area contributed by atoms with Crippen molar-refractivity contribution in [2.24, 2.45) is 0 Å². The SMILES string of the molecule is COCCn1ccnc1CCC(=O)N1CCCC(N(C)C)C1. The van der Waals surface area contributed by atoms with E-state index in [0.29, 0.717) is 25.5 Å². The van der Waals surface area contributed by atoms with Gasteiger partial charge in [-0.2, -0.15) is 0 Å². The Labute approximate surface area is 133 Å². The van der Waals surface area contributed by atoms with E-state index in [0.717, 1.165) is 31.9 Å². The van der Waals surface area contributed by atoms with Crippen LogP contribution in [0.15, 0.2) is 12.4 Å². The molecule has 1 amide bonds. The van der Waals surface area contributed by atoms with Crippen LogP contribution >= 0.6 is 0 Å². The third-order valence-corrected chi connectivity index (χ3v) is 4.38. The van der Waals surface area contributed by atoms with Gasteiger partial charge in [-0.1, -0.05) is 0 Å². The molecule has 1 unspecified atom stereocenters. The summed E-state index contributed by atoms with van der Waals surface area (Å²) >= 11 is 0. The van der Waals surface area contributed by atoms with Crippen molar-refractivity contribution in [3.05, 3.63) is 18.2 Å². The van der Waals surface area contributed by atoms with Crippen molar-refractivity contribution in [1.82, 2.24) is 19.4 Å². The normalized spacial score (nSPS) is 18.9. The van der Waals surface area contributed by atoms with Gasteiger partial charge >= 0.3 is 0 Å². The van der Waals surface area contributed by atoms with Gasteiger partial charge in [-0.15, -0.1) is 0 Å². The number of nitrogens with zero attached hydrogens (tertiary/aromatic N) is 4. The molecule has 0 radical (unpaired) electrons. The van der Waals surface area contributed by atoms with Crippen LogP contribution < -0.4 is 0 Å². The minimum atomic E-state index is 0.243. The quantitative estimate of drug-likeness (QED) is 0.754. The highest BCUT2D eigenvalue weighted by atomic mass is 16.5. The lowest BCUT2D eigenvalue weighted by atomic mass is 10.0. The summed E-state index contributed by atoms with van der Waals surface area (Å²) in [6.07, 6.45) is 7.23. The summed E-state index contributed by atoms with van der Waals surface area (Å²) in [6.45, 7) is 3.19. The lowest BCUT2D eigenvalue weighted by molar-refractivity contribution is -0.133. The molecule has 1 saturated heterocycles. The Hall–Kier alpha value is -1.40. The molecule has 1 aliphatic heterocycles. The van der Waals surface area contributed by atoms with Crippen molar-refractivity contribution in [1.29, 1.82) is 0 Å². The number of piperidine rings is 1. The van der Waals surface area contributed by atoms with Crippen molar-refractivity contribution in [3.8, 4) is 0 Å². The third-order valence-electron chi connectivity index (χ3n) is 4.38. The fraction of sp³-hybridized carbons (Fsp3) is 0.750. The number of likely N-dealkylation sites (tertiary alicyclic amines) is 1. The number of carbonyl (C=O) groups is 1. The smallest absolute Gasteiger partial charge is 0.223 e. The van der Waals surface area contributed by atoms with Gasteiger partial charge in [0.15, 0.2) is 0 Å². The van der Waals surface area contributed by atoms with Crippen LogP contribution in [-0.4, -0.2) is 72.2 Å². The monoisotopic (exact) mass is 308 g/mol. The largest absolute Gasteiger partial charge is 0.383 e. The molecule has 0 aliphatic carbocycles. The van der Waals surface area contributed by atoms with Crippen LogP contribution in [0.1, 0.15) is 25.1 Å². The average molecular weight is 308 g/mol. The topological polar surface area (TPSA) is 50.6 Å². The summed E-state index contributed by atoms with van der Waals surface area (Å²) in [5.74, 6) is 1.21. The highest BCUT2D eigenvalue weighted by Crippen LogP contribution is 2.15. The van der Waals surface area contributed by atoms with Crippen LogP contribution in [-0.2, 0) is 22.5 Å². The second kappa shape index (κ2) is 8.29. The van der Waals surface area contributed by atoms with Crippen molar-refractivity contribution < 1.29 is 9.53 Å². The maximum Gasteiger partial charge on any atom is 0.223 e. The predicted molar refractivity (Wildman–Crippen MR) is 85.7 cm³/mol. The molecule has 1 aliphatic rings. The first-order valence-corrected chi connectivity index (χ1v) is 8.05. The van der Waals surface area contributed by atoms with Crippen LogP contribution in [0.4, 0.5) is 0 Å². The first-order chi connectivity index (χ1) is 10.6. The number of rotatable bonds is 7. The number of amides is 1. The number of ether oxygens (including phenoxy) is 1. The molecule has 6 nitrogen and oxygen atoms in total. The molecular weight excluding hydrogens is 280 g/mol. The number of hydrogen-bond donors (Lipinski definition) is 0. The molecule has 0 aromatic carbocycles. The Morgan fingerprint density at radius 1 is 1.50 bits per heavy atom. The molecule has 0 bridgehead atoms. The Bertz CT molecular complexity index is 472. The molecule has 2 heterocycles. The second-order valence-corrected chi connectivity index (χ2v) is 6.13. The Morgan fingerprint density at radius 3 is 3.05 bits per heavy atom. The Kier molecular flexibility index (Phi) is 6.39.